The second-order valence-corrected chi connectivity index (χ2v) is 11.0. The van der Waals surface area contributed by atoms with Crippen molar-refractivity contribution in [3.05, 3.63) is 76.0 Å². The summed E-state index contributed by atoms with van der Waals surface area (Å²) in [4.78, 5) is 45.4. The van der Waals surface area contributed by atoms with Crippen molar-refractivity contribution in [1.29, 1.82) is 0 Å². The van der Waals surface area contributed by atoms with Gasteiger partial charge in [0.05, 0.1) is 18.4 Å². The number of methoxy groups -OCH3 is 1. The molecular weight excluding hydrogens is 707 g/mol. The van der Waals surface area contributed by atoms with E-state index in [1.54, 1.807) is 0 Å². The number of hydrogen-bond donors (Lipinski definition) is 0. The highest BCUT2D eigenvalue weighted by Crippen LogP contribution is 2.56. The van der Waals surface area contributed by atoms with Gasteiger partial charge >= 0.3 is 12.8 Å². The molecule has 1 heterocycles. The third-order valence-corrected chi connectivity index (χ3v) is 8.19. The number of benzene rings is 2. The zero-order valence-corrected chi connectivity index (χ0v) is 27.2. The summed E-state index contributed by atoms with van der Waals surface area (Å²) in [5, 5.41) is 0. The molecule has 0 fully saturated rings. The summed E-state index contributed by atoms with van der Waals surface area (Å²) in [5.74, 6) is -8.70. The van der Waals surface area contributed by atoms with Crippen LogP contribution in [0.25, 0.3) is 0 Å². The number of ether oxygens (including phenoxy) is 2. The van der Waals surface area contributed by atoms with Crippen LogP contribution in [0.4, 0.5) is 42.1 Å². The van der Waals surface area contributed by atoms with E-state index in [4.69, 9.17) is 4.74 Å². The number of carbonyl (C=O) groups excluding carboxylic acids is 3. The molecule has 0 bridgehead atoms. The maximum atomic E-state index is 15.2. The first-order valence-corrected chi connectivity index (χ1v) is 14.6. The molecule has 47 heavy (non-hydrogen) atoms. The third-order valence-electron chi connectivity index (χ3n) is 7.58. The van der Waals surface area contributed by atoms with Crippen molar-refractivity contribution in [2.75, 3.05) is 24.0 Å². The predicted octanol–water partition coefficient (Wildman–Crippen LogP) is 8.18. The summed E-state index contributed by atoms with van der Waals surface area (Å²) in [5.41, 5.74) is -5.89. The van der Waals surface area contributed by atoms with E-state index in [2.05, 4.69) is 25.7 Å². The van der Waals surface area contributed by atoms with Gasteiger partial charge in [0.15, 0.2) is 16.9 Å². The van der Waals surface area contributed by atoms with Gasteiger partial charge in [0.25, 0.3) is 17.7 Å². The van der Waals surface area contributed by atoms with Crippen LogP contribution < -0.4 is 19.3 Å². The Morgan fingerprint density at radius 1 is 0.957 bits per heavy atom. The molecule has 16 heteroatoms. The minimum absolute atomic E-state index is 0.0434. The Hall–Kier alpha value is -4.21. The van der Waals surface area contributed by atoms with Crippen LogP contribution in [0.1, 0.15) is 59.9 Å². The topological polar surface area (TPSA) is 89.0 Å². The zero-order valence-electron chi connectivity index (χ0n) is 25.6. The SMILES string of the molecule is CCC(F)(F)C(CC)(c1cc(Br)c(N(C(C)=O)C(=O)c2cccc(N(C)C(=O)c3ccncc3)c2OC)c(OC(F)F)c1)C(F)(F)F. The molecule has 2 aromatic carbocycles. The van der Waals surface area contributed by atoms with Gasteiger partial charge in [-0.3, -0.25) is 19.4 Å². The molecule has 1 unspecified atom stereocenters. The zero-order chi connectivity index (χ0) is 35.5. The molecule has 0 saturated carbocycles. The van der Waals surface area contributed by atoms with E-state index in [0.717, 1.165) is 32.8 Å². The van der Waals surface area contributed by atoms with Crippen LogP contribution in [0.3, 0.4) is 0 Å². The van der Waals surface area contributed by atoms with Crippen LogP contribution in [0, 0.1) is 0 Å². The molecule has 0 N–H and O–H groups in total. The highest BCUT2D eigenvalue weighted by molar-refractivity contribution is 9.10. The minimum Gasteiger partial charge on any atom is -0.494 e. The van der Waals surface area contributed by atoms with Crippen molar-refractivity contribution >= 4 is 45.0 Å². The van der Waals surface area contributed by atoms with Crippen molar-refractivity contribution in [3.63, 3.8) is 0 Å². The van der Waals surface area contributed by atoms with Crippen LogP contribution in [0.2, 0.25) is 0 Å². The number of carbonyl (C=O) groups is 3. The highest BCUT2D eigenvalue weighted by Gasteiger charge is 2.68. The molecule has 0 aliphatic carbocycles. The Balaban J connectivity index is 2.29. The molecule has 3 aromatic rings. The number of amides is 3. The number of hydrogen-bond acceptors (Lipinski definition) is 6. The normalized spacial score (nSPS) is 13.1. The van der Waals surface area contributed by atoms with E-state index in [9.17, 15) is 36.3 Å². The number of rotatable bonds is 11. The largest absolute Gasteiger partial charge is 0.494 e. The molecular formula is C31H29BrF7N3O5. The first-order chi connectivity index (χ1) is 21.9. The third kappa shape index (κ3) is 6.92. The van der Waals surface area contributed by atoms with Gasteiger partial charge in [0.2, 0.25) is 5.91 Å². The lowest BCUT2D eigenvalue weighted by atomic mass is 9.71. The maximum absolute atomic E-state index is 15.2. The van der Waals surface area contributed by atoms with Crippen LogP contribution >= 0.6 is 15.9 Å². The number of anilines is 2. The van der Waals surface area contributed by atoms with Crippen LogP contribution in [-0.2, 0) is 10.2 Å². The number of halogens is 8. The quantitative estimate of drug-likeness (QED) is 0.185. The summed E-state index contributed by atoms with van der Waals surface area (Å²) in [6.07, 6.45) is -5.26. The smallest absolute Gasteiger partial charge is 0.404 e. The highest BCUT2D eigenvalue weighted by atomic mass is 79.9. The monoisotopic (exact) mass is 735 g/mol. The summed E-state index contributed by atoms with van der Waals surface area (Å²) in [6, 6.07) is 7.72. The second kappa shape index (κ2) is 14.3. The molecule has 254 valence electrons. The van der Waals surface area contributed by atoms with Gasteiger partial charge in [-0.1, -0.05) is 19.9 Å². The fourth-order valence-corrected chi connectivity index (χ4v) is 5.88. The summed E-state index contributed by atoms with van der Waals surface area (Å²) >= 11 is 2.92. The number of pyridine rings is 1. The number of nitrogens with zero attached hydrogens (tertiary/aromatic N) is 3. The van der Waals surface area contributed by atoms with Gasteiger partial charge in [0, 0.05) is 42.8 Å². The number of imide groups is 1. The molecule has 0 aliphatic heterocycles. The Morgan fingerprint density at radius 3 is 2.06 bits per heavy atom. The maximum Gasteiger partial charge on any atom is 0.404 e. The van der Waals surface area contributed by atoms with Crippen LogP contribution in [-0.4, -0.2) is 55.6 Å². The predicted molar refractivity (Wildman–Crippen MR) is 161 cm³/mol. The van der Waals surface area contributed by atoms with E-state index in [0.29, 0.717) is 17.0 Å². The minimum atomic E-state index is -5.58. The standard InChI is InChI=1S/C31H29BrF7N3O5/c1-6-29(31(37,38)39,30(35,36)7-2)19-15-21(32)24(23(16-19)47-28(33)34)42(17(3)43)27(45)20-9-8-10-22(25(20)46-5)41(4)26(44)18-11-13-40-14-12-18/h8-16,28H,6-7H2,1-5H3. The van der Waals surface area contributed by atoms with E-state index in [-0.39, 0.29) is 22.6 Å². The van der Waals surface area contributed by atoms with Gasteiger partial charge in [-0.05, 0) is 64.3 Å². The van der Waals surface area contributed by atoms with E-state index < -0.39 is 76.2 Å². The molecule has 1 atom stereocenters. The fourth-order valence-electron chi connectivity index (χ4n) is 5.26. The molecule has 0 aliphatic rings. The van der Waals surface area contributed by atoms with Crippen molar-refractivity contribution in [3.8, 4) is 11.5 Å². The summed E-state index contributed by atoms with van der Waals surface area (Å²) in [7, 11) is 2.53. The van der Waals surface area contributed by atoms with Crippen molar-refractivity contribution in [2.24, 2.45) is 0 Å². The molecule has 1 aromatic heterocycles. The number of alkyl halides is 7. The van der Waals surface area contributed by atoms with Gasteiger partial charge in [-0.15, -0.1) is 0 Å². The van der Waals surface area contributed by atoms with E-state index >= 15 is 8.78 Å². The summed E-state index contributed by atoms with van der Waals surface area (Å²) in [6.45, 7) is -1.14. The molecule has 0 saturated heterocycles. The second-order valence-electron chi connectivity index (χ2n) is 10.1. The summed E-state index contributed by atoms with van der Waals surface area (Å²) < 4.78 is 111. The molecule has 0 radical (unpaired) electrons. The first kappa shape index (κ1) is 37.2. The van der Waals surface area contributed by atoms with Crippen LogP contribution in [0.15, 0.2) is 59.3 Å². The van der Waals surface area contributed by atoms with Crippen molar-refractivity contribution < 1.29 is 54.6 Å². The average Bonchev–Trinajstić information content (AvgIpc) is 3.00. The van der Waals surface area contributed by atoms with Gasteiger partial charge in [-0.25, -0.2) is 13.7 Å². The Kier molecular flexibility index (Phi) is 11.3. The van der Waals surface area contributed by atoms with Crippen molar-refractivity contribution in [1.82, 2.24) is 4.98 Å². The number of para-hydroxylation sites is 1. The van der Waals surface area contributed by atoms with E-state index in [1.807, 2.05) is 0 Å². The number of aromatic nitrogens is 1. The lowest BCUT2D eigenvalue weighted by Crippen LogP contribution is -2.55. The fraction of sp³-hybridized carbons (Fsp3) is 0.355. The lowest BCUT2D eigenvalue weighted by Gasteiger charge is -2.41. The molecule has 3 rings (SSSR count). The van der Waals surface area contributed by atoms with Crippen LogP contribution in [0.5, 0.6) is 11.5 Å². The van der Waals surface area contributed by atoms with Crippen molar-refractivity contribution in [2.45, 2.75) is 57.7 Å². The Labute approximate surface area is 273 Å². The van der Waals surface area contributed by atoms with Gasteiger partial charge in [-0.2, -0.15) is 22.0 Å². The Bertz CT molecular complexity index is 1640. The molecule has 0 spiro atoms. The van der Waals surface area contributed by atoms with Gasteiger partial charge < -0.3 is 14.4 Å². The first-order valence-electron chi connectivity index (χ1n) is 13.8. The Morgan fingerprint density at radius 2 is 1.57 bits per heavy atom. The lowest BCUT2D eigenvalue weighted by molar-refractivity contribution is -0.262. The molecule has 8 nitrogen and oxygen atoms in total. The van der Waals surface area contributed by atoms with Gasteiger partial charge in [0.1, 0.15) is 5.69 Å². The van der Waals surface area contributed by atoms with E-state index in [1.165, 1.54) is 49.8 Å². The average molecular weight is 736 g/mol. The molecule has 3 amide bonds.